The van der Waals surface area contributed by atoms with Crippen LogP contribution in [0.4, 0.5) is 20.8 Å². The van der Waals surface area contributed by atoms with Crippen molar-refractivity contribution < 1.29 is 18.7 Å². The summed E-state index contributed by atoms with van der Waals surface area (Å²) in [4.78, 5) is 24.0. The van der Waals surface area contributed by atoms with Crippen molar-refractivity contribution in [2.75, 3.05) is 11.1 Å². The van der Waals surface area contributed by atoms with Gasteiger partial charge >= 0.3 is 6.09 Å². The molecule has 1 aromatic carbocycles. The second kappa shape index (κ2) is 9.86. The van der Waals surface area contributed by atoms with Crippen LogP contribution in [0.1, 0.15) is 25.7 Å². The van der Waals surface area contributed by atoms with E-state index in [1.165, 1.54) is 12.3 Å². The molecule has 3 aromatic rings. The Balaban J connectivity index is 1.51. The molecule has 1 aliphatic rings. The molecule has 9 nitrogen and oxygen atoms in total. The highest BCUT2D eigenvalue weighted by atomic mass is 35.5. The summed E-state index contributed by atoms with van der Waals surface area (Å²) in [6.45, 7) is 0. The summed E-state index contributed by atoms with van der Waals surface area (Å²) in [6.07, 6.45) is 5.18. The van der Waals surface area contributed by atoms with E-state index in [1.807, 2.05) is 0 Å². The van der Waals surface area contributed by atoms with E-state index in [1.54, 1.807) is 24.4 Å². The first kappa shape index (κ1) is 22.5. The Kier molecular flexibility index (Phi) is 6.74. The molecule has 5 N–H and O–H groups in total. The predicted octanol–water partition coefficient (Wildman–Crippen LogP) is 4.52. The van der Waals surface area contributed by atoms with Crippen LogP contribution in [-0.4, -0.2) is 33.2 Å². The van der Waals surface area contributed by atoms with Crippen molar-refractivity contribution in [3.63, 3.8) is 0 Å². The van der Waals surface area contributed by atoms with Gasteiger partial charge in [-0.05, 0) is 49.9 Å². The molecule has 11 heteroatoms. The molecule has 172 valence electrons. The first-order valence-electron chi connectivity index (χ1n) is 10.3. The summed E-state index contributed by atoms with van der Waals surface area (Å²) in [5, 5.41) is 3.34. The van der Waals surface area contributed by atoms with Crippen molar-refractivity contribution in [1.82, 2.24) is 15.0 Å². The summed E-state index contributed by atoms with van der Waals surface area (Å²) in [5.41, 5.74) is 12.0. The summed E-state index contributed by atoms with van der Waals surface area (Å²) < 4.78 is 25.1. The fourth-order valence-electron chi connectivity index (χ4n) is 3.69. The van der Waals surface area contributed by atoms with Crippen LogP contribution >= 0.6 is 11.6 Å². The van der Waals surface area contributed by atoms with Gasteiger partial charge in [0, 0.05) is 30.2 Å². The van der Waals surface area contributed by atoms with Gasteiger partial charge in [-0.2, -0.15) is 0 Å². The highest BCUT2D eigenvalue weighted by molar-refractivity contribution is 6.32. The van der Waals surface area contributed by atoms with Crippen molar-refractivity contribution in [1.29, 1.82) is 0 Å². The monoisotopic (exact) mass is 472 g/mol. The summed E-state index contributed by atoms with van der Waals surface area (Å²) >= 11 is 6.11. The lowest BCUT2D eigenvalue weighted by Gasteiger charge is -2.28. The van der Waals surface area contributed by atoms with Crippen LogP contribution in [-0.2, 0) is 4.74 Å². The van der Waals surface area contributed by atoms with Crippen LogP contribution in [0.15, 0.2) is 42.7 Å². The smallest absolute Gasteiger partial charge is 0.404 e. The number of amides is 1. The highest BCUT2D eigenvalue weighted by Crippen LogP contribution is 2.37. The summed E-state index contributed by atoms with van der Waals surface area (Å²) in [6, 6.07) is 7.83. The molecule has 1 aliphatic carbocycles. The maximum absolute atomic E-state index is 14.4. The van der Waals surface area contributed by atoms with Gasteiger partial charge < -0.3 is 26.3 Å². The van der Waals surface area contributed by atoms with E-state index >= 15 is 0 Å². The maximum Gasteiger partial charge on any atom is 0.404 e. The number of aromatic nitrogens is 3. The molecule has 2 heterocycles. The zero-order chi connectivity index (χ0) is 23.4. The highest BCUT2D eigenvalue weighted by Gasteiger charge is 2.24. The van der Waals surface area contributed by atoms with Crippen molar-refractivity contribution in [2.45, 2.75) is 37.8 Å². The van der Waals surface area contributed by atoms with E-state index in [0.29, 0.717) is 30.0 Å². The molecule has 1 amide bonds. The van der Waals surface area contributed by atoms with Crippen LogP contribution in [0.25, 0.3) is 11.3 Å². The number of benzene rings is 1. The van der Waals surface area contributed by atoms with E-state index in [-0.39, 0.29) is 34.5 Å². The zero-order valence-electron chi connectivity index (χ0n) is 17.5. The SMILES string of the molecule is NC(=O)O[C@H]1CC[C@H](Nc2nccc(-c3cccnc3Oc3c(F)cc(N)cc3Cl)n2)CC1. The summed E-state index contributed by atoms with van der Waals surface area (Å²) in [5.74, 6) is -0.305. The minimum atomic E-state index is -0.753. The van der Waals surface area contributed by atoms with Gasteiger partial charge in [-0.15, -0.1) is 0 Å². The topological polar surface area (TPSA) is 138 Å². The Morgan fingerprint density at radius 2 is 1.94 bits per heavy atom. The number of hydrogen-bond donors (Lipinski definition) is 3. The van der Waals surface area contributed by atoms with E-state index in [4.69, 9.17) is 32.5 Å². The number of anilines is 2. The molecule has 0 radical (unpaired) electrons. The third kappa shape index (κ3) is 5.58. The fourth-order valence-corrected chi connectivity index (χ4v) is 3.95. The van der Waals surface area contributed by atoms with Crippen LogP contribution in [0.2, 0.25) is 5.02 Å². The van der Waals surface area contributed by atoms with E-state index in [9.17, 15) is 9.18 Å². The number of ether oxygens (including phenoxy) is 2. The third-order valence-corrected chi connectivity index (χ3v) is 5.49. The molecule has 33 heavy (non-hydrogen) atoms. The normalized spacial score (nSPS) is 17.9. The lowest BCUT2D eigenvalue weighted by atomic mass is 9.93. The second-order valence-corrected chi connectivity index (χ2v) is 8.00. The van der Waals surface area contributed by atoms with Gasteiger partial charge in [-0.1, -0.05) is 11.6 Å². The van der Waals surface area contributed by atoms with Gasteiger partial charge in [0.15, 0.2) is 11.6 Å². The number of carbonyl (C=O) groups excluding carboxylic acids is 1. The number of primary amides is 1. The number of halogens is 2. The number of nitrogens with two attached hydrogens (primary N) is 2. The van der Waals surface area contributed by atoms with Gasteiger partial charge in [0.25, 0.3) is 0 Å². The van der Waals surface area contributed by atoms with Gasteiger partial charge in [0.1, 0.15) is 6.10 Å². The van der Waals surface area contributed by atoms with Crippen LogP contribution in [0, 0.1) is 5.82 Å². The Morgan fingerprint density at radius 3 is 2.67 bits per heavy atom. The third-order valence-electron chi connectivity index (χ3n) is 5.21. The Labute approximate surface area is 194 Å². The molecule has 0 bridgehead atoms. The average molecular weight is 473 g/mol. The van der Waals surface area contributed by atoms with E-state index in [0.717, 1.165) is 18.9 Å². The van der Waals surface area contributed by atoms with Gasteiger partial charge in [0.2, 0.25) is 11.8 Å². The van der Waals surface area contributed by atoms with Crippen molar-refractivity contribution >= 4 is 29.3 Å². The Bertz CT molecular complexity index is 1130. The minimum Gasteiger partial charge on any atom is -0.446 e. The standard InChI is InChI=1S/C22H22ClFN6O3/c23-16-10-12(25)11-17(24)19(16)33-20-15(2-1-8-27-20)18-7-9-28-22(30-18)29-13-3-5-14(6-4-13)32-21(26)31/h1-2,7-11,13-14H,3-6,25H2,(H2,26,31)(H,28,29,30)/t13-,14-. The van der Waals surface area contributed by atoms with E-state index in [2.05, 4.69) is 20.3 Å². The van der Waals surface area contributed by atoms with E-state index < -0.39 is 11.9 Å². The molecule has 0 unspecified atom stereocenters. The van der Waals surface area contributed by atoms with Crippen molar-refractivity contribution in [3.05, 3.63) is 53.6 Å². The molecule has 2 aromatic heterocycles. The molecule has 0 spiro atoms. The molecule has 1 saturated carbocycles. The first-order valence-corrected chi connectivity index (χ1v) is 10.7. The number of carbonyl (C=O) groups is 1. The molecule has 1 fully saturated rings. The number of nitrogen functional groups attached to an aromatic ring is 1. The number of nitrogens with one attached hydrogen (secondary N) is 1. The number of nitrogens with zero attached hydrogens (tertiary/aromatic N) is 3. The summed E-state index contributed by atoms with van der Waals surface area (Å²) in [7, 11) is 0. The zero-order valence-corrected chi connectivity index (χ0v) is 18.3. The fraction of sp³-hybridized carbons (Fsp3) is 0.273. The molecule has 0 atom stereocenters. The largest absolute Gasteiger partial charge is 0.446 e. The molecule has 0 aliphatic heterocycles. The van der Waals surface area contributed by atoms with Crippen LogP contribution in [0.3, 0.4) is 0 Å². The maximum atomic E-state index is 14.4. The van der Waals surface area contributed by atoms with Gasteiger partial charge in [-0.25, -0.2) is 24.1 Å². The van der Waals surface area contributed by atoms with Gasteiger partial charge in [-0.3, -0.25) is 0 Å². The molecular weight excluding hydrogens is 451 g/mol. The molecule has 0 saturated heterocycles. The lowest BCUT2D eigenvalue weighted by Crippen LogP contribution is -2.32. The Morgan fingerprint density at radius 1 is 1.15 bits per heavy atom. The first-order chi connectivity index (χ1) is 15.9. The second-order valence-electron chi connectivity index (χ2n) is 7.59. The van der Waals surface area contributed by atoms with Crippen molar-refractivity contribution in [2.24, 2.45) is 5.73 Å². The predicted molar refractivity (Wildman–Crippen MR) is 121 cm³/mol. The number of hydrogen-bond acceptors (Lipinski definition) is 8. The quantitative estimate of drug-likeness (QED) is 0.445. The minimum absolute atomic E-state index is 0.0325. The van der Waals surface area contributed by atoms with Crippen LogP contribution < -0.4 is 21.5 Å². The lowest BCUT2D eigenvalue weighted by molar-refractivity contribution is 0.0805. The number of rotatable bonds is 6. The Hall–Kier alpha value is -3.66. The molecule has 4 rings (SSSR count). The number of pyridine rings is 1. The van der Waals surface area contributed by atoms with Crippen molar-refractivity contribution in [3.8, 4) is 22.9 Å². The molecular formula is C22H22ClFN6O3. The average Bonchev–Trinajstić information content (AvgIpc) is 2.78. The van der Waals surface area contributed by atoms with Gasteiger partial charge in [0.05, 0.1) is 16.3 Å². The van der Waals surface area contributed by atoms with Crippen LogP contribution in [0.5, 0.6) is 11.6 Å².